The maximum absolute atomic E-state index is 11.5. The summed E-state index contributed by atoms with van der Waals surface area (Å²) in [6, 6.07) is 7.62. The molecule has 4 heteroatoms. The topological polar surface area (TPSA) is 53.2 Å². The molecular weight excluding hydrogens is 202 g/mol. The molecule has 0 spiro atoms. The van der Waals surface area contributed by atoms with Gasteiger partial charge in [0.05, 0.1) is 0 Å². The summed E-state index contributed by atoms with van der Waals surface area (Å²) in [5.41, 5.74) is 1.93. The first-order chi connectivity index (χ1) is 7.77. The van der Waals surface area contributed by atoms with Gasteiger partial charge < -0.3 is 16.0 Å². The molecule has 0 saturated heterocycles. The van der Waals surface area contributed by atoms with E-state index in [9.17, 15) is 4.79 Å². The molecule has 0 atom stereocenters. The highest BCUT2D eigenvalue weighted by Crippen LogP contribution is 2.14. The van der Waals surface area contributed by atoms with E-state index in [4.69, 9.17) is 0 Å². The molecule has 0 saturated carbocycles. The number of urea groups is 1. The van der Waals surface area contributed by atoms with Gasteiger partial charge in [-0.3, -0.25) is 0 Å². The second kappa shape index (κ2) is 6.85. The van der Waals surface area contributed by atoms with Gasteiger partial charge in [0.15, 0.2) is 0 Å². The van der Waals surface area contributed by atoms with Gasteiger partial charge in [-0.25, -0.2) is 4.79 Å². The van der Waals surface area contributed by atoms with Crippen LogP contribution in [0.25, 0.3) is 0 Å². The first kappa shape index (κ1) is 12.5. The molecule has 2 amide bonds. The van der Waals surface area contributed by atoms with Gasteiger partial charge in [0.1, 0.15) is 0 Å². The van der Waals surface area contributed by atoms with Crippen molar-refractivity contribution in [3.8, 4) is 0 Å². The van der Waals surface area contributed by atoms with Gasteiger partial charge in [0.25, 0.3) is 0 Å². The number of para-hydroxylation sites is 1. The fourth-order valence-corrected chi connectivity index (χ4v) is 1.39. The summed E-state index contributed by atoms with van der Waals surface area (Å²) in [6.07, 6.45) is 0.936. The van der Waals surface area contributed by atoms with Gasteiger partial charge >= 0.3 is 6.03 Å². The SMILES string of the molecule is CCCNC(=O)Nc1ccccc1CNC. The molecule has 0 aliphatic heterocycles. The zero-order chi connectivity index (χ0) is 11.8. The Morgan fingerprint density at radius 3 is 2.75 bits per heavy atom. The van der Waals surface area contributed by atoms with E-state index in [1.165, 1.54) is 0 Å². The first-order valence-corrected chi connectivity index (χ1v) is 5.55. The van der Waals surface area contributed by atoms with E-state index in [2.05, 4.69) is 16.0 Å². The largest absolute Gasteiger partial charge is 0.338 e. The number of hydrogen-bond acceptors (Lipinski definition) is 2. The average Bonchev–Trinajstić information content (AvgIpc) is 2.29. The second-order valence-corrected chi connectivity index (χ2v) is 3.57. The predicted molar refractivity (Wildman–Crippen MR) is 66.5 cm³/mol. The van der Waals surface area contributed by atoms with E-state index >= 15 is 0 Å². The van der Waals surface area contributed by atoms with Crippen LogP contribution in [0.15, 0.2) is 24.3 Å². The maximum Gasteiger partial charge on any atom is 0.319 e. The van der Waals surface area contributed by atoms with Crippen molar-refractivity contribution in [2.24, 2.45) is 0 Å². The van der Waals surface area contributed by atoms with Crippen molar-refractivity contribution >= 4 is 11.7 Å². The molecule has 1 aromatic carbocycles. The van der Waals surface area contributed by atoms with Crippen LogP contribution in [0.4, 0.5) is 10.5 Å². The minimum Gasteiger partial charge on any atom is -0.338 e. The zero-order valence-corrected chi connectivity index (χ0v) is 9.84. The minimum absolute atomic E-state index is 0.148. The van der Waals surface area contributed by atoms with Gasteiger partial charge in [0.2, 0.25) is 0 Å². The van der Waals surface area contributed by atoms with Gasteiger partial charge in [-0.15, -0.1) is 0 Å². The van der Waals surface area contributed by atoms with Crippen molar-refractivity contribution in [2.75, 3.05) is 18.9 Å². The number of nitrogens with one attached hydrogen (secondary N) is 3. The third-order valence-corrected chi connectivity index (χ3v) is 2.17. The molecule has 3 N–H and O–H groups in total. The molecule has 0 fully saturated rings. The number of hydrogen-bond donors (Lipinski definition) is 3. The van der Waals surface area contributed by atoms with E-state index in [0.29, 0.717) is 6.54 Å². The van der Waals surface area contributed by atoms with Gasteiger partial charge in [-0.05, 0) is 25.1 Å². The average molecular weight is 221 g/mol. The fraction of sp³-hybridized carbons (Fsp3) is 0.417. The summed E-state index contributed by atoms with van der Waals surface area (Å²) in [7, 11) is 1.88. The summed E-state index contributed by atoms with van der Waals surface area (Å²) in [6.45, 7) is 3.46. The lowest BCUT2D eigenvalue weighted by Gasteiger charge is -2.11. The quantitative estimate of drug-likeness (QED) is 0.711. The van der Waals surface area contributed by atoms with Crippen molar-refractivity contribution < 1.29 is 4.79 Å². The van der Waals surface area contributed by atoms with Crippen LogP contribution in [-0.2, 0) is 6.54 Å². The fourth-order valence-electron chi connectivity index (χ4n) is 1.39. The van der Waals surface area contributed by atoms with E-state index in [0.717, 1.165) is 24.2 Å². The molecular formula is C12H19N3O. The number of carbonyl (C=O) groups is 1. The van der Waals surface area contributed by atoms with Gasteiger partial charge in [-0.1, -0.05) is 25.1 Å². The normalized spacial score (nSPS) is 9.88. The molecule has 0 bridgehead atoms. The second-order valence-electron chi connectivity index (χ2n) is 3.57. The van der Waals surface area contributed by atoms with Crippen LogP contribution in [-0.4, -0.2) is 19.6 Å². The third-order valence-electron chi connectivity index (χ3n) is 2.17. The Bertz CT molecular complexity index is 339. The van der Waals surface area contributed by atoms with E-state index in [1.807, 2.05) is 38.2 Å². The molecule has 16 heavy (non-hydrogen) atoms. The van der Waals surface area contributed by atoms with E-state index in [-0.39, 0.29) is 6.03 Å². The number of anilines is 1. The number of carbonyl (C=O) groups excluding carboxylic acids is 1. The number of amides is 2. The predicted octanol–water partition coefficient (Wildman–Crippen LogP) is 1.94. The van der Waals surface area contributed by atoms with Gasteiger partial charge in [-0.2, -0.15) is 0 Å². The van der Waals surface area contributed by atoms with Gasteiger partial charge in [0, 0.05) is 18.8 Å². The van der Waals surface area contributed by atoms with Crippen LogP contribution in [0, 0.1) is 0 Å². The summed E-state index contributed by atoms with van der Waals surface area (Å²) >= 11 is 0. The highest BCUT2D eigenvalue weighted by atomic mass is 16.2. The molecule has 0 aliphatic rings. The Morgan fingerprint density at radius 2 is 2.06 bits per heavy atom. The highest BCUT2D eigenvalue weighted by Gasteiger charge is 2.04. The monoisotopic (exact) mass is 221 g/mol. The van der Waals surface area contributed by atoms with Crippen LogP contribution in [0.5, 0.6) is 0 Å². The molecule has 0 aromatic heterocycles. The van der Waals surface area contributed by atoms with Crippen molar-refractivity contribution in [1.29, 1.82) is 0 Å². The summed E-state index contributed by atoms with van der Waals surface area (Å²) < 4.78 is 0. The van der Waals surface area contributed by atoms with Crippen molar-refractivity contribution in [3.05, 3.63) is 29.8 Å². The summed E-state index contributed by atoms with van der Waals surface area (Å²) in [5, 5.41) is 8.69. The summed E-state index contributed by atoms with van der Waals surface area (Å²) in [5.74, 6) is 0. The van der Waals surface area contributed by atoms with Crippen LogP contribution in [0.3, 0.4) is 0 Å². The Labute approximate surface area is 96.4 Å². The van der Waals surface area contributed by atoms with E-state index < -0.39 is 0 Å². The molecule has 0 aliphatic carbocycles. The smallest absolute Gasteiger partial charge is 0.319 e. The molecule has 88 valence electrons. The Balaban J connectivity index is 2.61. The maximum atomic E-state index is 11.5. The Morgan fingerprint density at radius 1 is 1.31 bits per heavy atom. The van der Waals surface area contributed by atoms with Crippen LogP contribution in [0.1, 0.15) is 18.9 Å². The van der Waals surface area contributed by atoms with Crippen molar-refractivity contribution in [2.45, 2.75) is 19.9 Å². The zero-order valence-electron chi connectivity index (χ0n) is 9.84. The standard InChI is InChI=1S/C12H19N3O/c1-3-8-14-12(16)15-11-7-5-4-6-10(11)9-13-2/h4-7,13H,3,8-9H2,1-2H3,(H2,14,15,16). The lowest BCUT2D eigenvalue weighted by atomic mass is 10.2. The van der Waals surface area contributed by atoms with Crippen molar-refractivity contribution in [1.82, 2.24) is 10.6 Å². The molecule has 0 unspecified atom stereocenters. The molecule has 0 heterocycles. The minimum atomic E-state index is -0.148. The number of benzene rings is 1. The van der Waals surface area contributed by atoms with Crippen molar-refractivity contribution in [3.63, 3.8) is 0 Å². The van der Waals surface area contributed by atoms with Crippen LogP contribution >= 0.6 is 0 Å². The summed E-state index contributed by atoms with van der Waals surface area (Å²) in [4.78, 5) is 11.5. The molecule has 0 radical (unpaired) electrons. The third kappa shape index (κ3) is 3.90. The Hall–Kier alpha value is -1.55. The lowest BCUT2D eigenvalue weighted by molar-refractivity contribution is 0.252. The lowest BCUT2D eigenvalue weighted by Crippen LogP contribution is -2.29. The molecule has 4 nitrogen and oxygen atoms in total. The first-order valence-electron chi connectivity index (χ1n) is 5.55. The van der Waals surface area contributed by atoms with Crippen LogP contribution in [0.2, 0.25) is 0 Å². The Kier molecular flexibility index (Phi) is 5.36. The highest BCUT2D eigenvalue weighted by molar-refractivity contribution is 5.90. The molecule has 1 aromatic rings. The number of rotatable bonds is 5. The van der Waals surface area contributed by atoms with Crippen LogP contribution < -0.4 is 16.0 Å². The molecule has 1 rings (SSSR count). The van der Waals surface area contributed by atoms with E-state index in [1.54, 1.807) is 0 Å².